The molecule has 1 amide bonds. The van der Waals surface area contributed by atoms with E-state index in [2.05, 4.69) is 11.8 Å². The summed E-state index contributed by atoms with van der Waals surface area (Å²) in [4.78, 5) is 17.6. The first-order valence-electron chi connectivity index (χ1n) is 12.2. The Hall–Kier alpha value is -3.19. The van der Waals surface area contributed by atoms with Crippen LogP contribution in [0.15, 0.2) is 54.7 Å². The minimum Gasteiger partial charge on any atom is -0.491 e. The lowest BCUT2D eigenvalue weighted by molar-refractivity contribution is -0.134. The average molecular weight is 463 g/mol. The molecule has 1 saturated carbocycles. The predicted molar refractivity (Wildman–Crippen MR) is 130 cm³/mol. The number of carbonyl (C=O) groups is 1. The molecule has 34 heavy (non-hydrogen) atoms. The number of rotatable bonds is 7. The van der Waals surface area contributed by atoms with Crippen LogP contribution in [0.5, 0.6) is 5.75 Å². The Bertz CT molecular complexity index is 1150. The summed E-state index contributed by atoms with van der Waals surface area (Å²) in [6.45, 7) is 8.86. The Balaban J connectivity index is 1.43. The van der Waals surface area contributed by atoms with E-state index in [1.54, 1.807) is 6.07 Å². The number of ether oxygens (including phenoxy) is 1. The number of aromatic nitrogens is 2. The van der Waals surface area contributed by atoms with Gasteiger partial charge >= 0.3 is 0 Å². The van der Waals surface area contributed by atoms with E-state index in [4.69, 9.17) is 9.84 Å². The van der Waals surface area contributed by atoms with Crippen molar-refractivity contribution in [3.63, 3.8) is 0 Å². The molecule has 1 saturated heterocycles. The molecule has 2 atom stereocenters. The summed E-state index contributed by atoms with van der Waals surface area (Å²) in [5.41, 5.74) is 3.35. The van der Waals surface area contributed by atoms with Gasteiger partial charge in [0, 0.05) is 55.3 Å². The number of hydrogen-bond acceptors (Lipinski definition) is 4. The average Bonchev–Trinajstić information content (AvgIpc) is 3.55. The second-order valence-corrected chi connectivity index (χ2v) is 9.00. The van der Waals surface area contributed by atoms with Crippen LogP contribution in [0.4, 0.5) is 4.39 Å². The van der Waals surface area contributed by atoms with Crippen molar-refractivity contribution in [1.82, 2.24) is 19.6 Å². The maximum atomic E-state index is 14.7. The molecule has 0 bridgehead atoms. The van der Waals surface area contributed by atoms with Gasteiger partial charge in [0.1, 0.15) is 0 Å². The number of carbonyl (C=O) groups excluding carboxylic acids is 1. The van der Waals surface area contributed by atoms with Crippen LogP contribution in [-0.4, -0.2) is 64.8 Å². The van der Waals surface area contributed by atoms with E-state index in [9.17, 15) is 9.18 Å². The Morgan fingerprint density at radius 1 is 1.09 bits per heavy atom. The zero-order valence-corrected chi connectivity index (χ0v) is 19.8. The summed E-state index contributed by atoms with van der Waals surface area (Å²) < 4.78 is 21.9. The third-order valence-electron chi connectivity index (χ3n) is 6.91. The molecular formula is C27H31FN4O2. The van der Waals surface area contributed by atoms with Crippen molar-refractivity contribution >= 4 is 5.91 Å². The molecule has 1 aliphatic carbocycles. The van der Waals surface area contributed by atoms with E-state index in [1.807, 2.05) is 59.1 Å². The maximum absolute atomic E-state index is 14.7. The number of likely N-dealkylation sites (N-methyl/N-ethyl adjacent to an activating group) is 1. The van der Waals surface area contributed by atoms with Gasteiger partial charge in [-0.25, -0.2) is 9.07 Å². The summed E-state index contributed by atoms with van der Waals surface area (Å²) in [6, 6.07) is 14.9. The zero-order valence-electron chi connectivity index (χ0n) is 19.8. The van der Waals surface area contributed by atoms with E-state index in [1.165, 1.54) is 6.07 Å². The fourth-order valence-corrected chi connectivity index (χ4v) is 4.85. The van der Waals surface area contributed by atoms with Crippen molar-refractivity contribution < 1.29 is 13.9 Å². The minimum atomic E-state index is -0.406. The lowest BCUT2D eigenvalue weighted by atomic mass is 10.0. The molecule has 5 rings (SSSR count). The highest BCUT2D eigenvalue weighted by molar-refractivity contribution is 5.84. The Morgan fingerprint density at radius 2 is 1.85 bits per heavy atom. The van der Waals surface area contributed by atoms with E-state index >= 15 is 0 Å². The molecule has 2 aliphatic rings. The molecule has 0 radical (unpaired) electrons. The van der Waals surface area contributed by atoms with Crippen LogP contribution in [-0.2, 0) is 4.79 Å². The first-order chi connectivity index (χ1) is 16.6. The Kier molecular flexibility index (Phi) is 6.37. The molecule has 7 heteroatoms. The highest BCUT2D eigenvalue weighted by Gasteiger charge is 2.48. The largest absolute Gasteiger partial charge is 0.491 e. The van der Waals surface area contributed by atoms with Crippen LogP contribution in [0.25, 0.3) is 16.9 Å². The number of piperazine rings is 1. The van der Waals surface area contributed by atoms with Gasteiger partial charge in [0.15, 0.2) is 11.6 Å². The van der Waals surface area contributed by atoms with E-state index in [0.29, 0.717) is 12.2 Å². The standard InChI is InChI=1S/C27H31FN4O2/c1-3-30-12-14-31(15-13-30)27(33)22-17-21(22)23-18-32(20-8-6-5-7-9-20)29-26(23)19-10-11-25(34-4-2)24(28)16-19/h5-11,16,18,21-22H,3-4,12-15,17H2,1-2H3. The van der Waals surface area contributed by atoms with Gasteiger partial charge in [-0.2, -0.15) is 5.10 Å². The fraction of sp³-hybridized carbons (Fsp3) is 0.407. The number of hydrogen-bond donors (Lipinski definition) is 0. The lowest BCUT2D eigenvalue weighted by Gasteiger charge is -2.34. The molecule has 6 nitrogen and oxygen atoms in total. The molecule has 0 spiro atoms. The zero-order chi connectivity index (χ0) is 23.7. The molecule has 1 aliphatic heterocycles. The second-order valence-electron chi connectivity index (χ2n) is 9.00. The fourth-order valence-electron chi connectivity index (χ4n) is 4.85. The lowest BCUT2D eigenvalue weighted by Crippen LogP contribution is -2.49. The number of nitrogens with zero attached hydrogens (tertiary/aromatic N) is 4. The summed E-state index contributed by atoms with van der Waals surface area (Å²) in [7, 11) is 0. The SMILES string of the molecule is CCOc1ccc(-c2nn(-c3ccccc3)cc2C2CC2C(=O)N2CCN(CC)CC2)cc1F. The molecule has 3 aromatic rings. The highest BCUT2D eigenvalue weighted by atomic mass is 19.1. The van der Waals surface area contributed by atoms with E-state index in [0.717, 1.165) is 56.1 Å². The van der Waals surface area contributed by atoms with Crippen LogP contribution in [0, 0.1) is 11.7 Å². The van der Waals surface area contributed by atoms with Gasteiger partial charge in [0.05, 0.1) is 18.0 Å². The van der Waals surface area contributed by atoms with Crippen LogP contribution < -0.4 is 4.74 Å². The number of halogens is 1. The van der Waals surface area contributed by atoms with E-state index in [-0.39, 0.29) is 23.5 Å². The minimum absolute atomic E-state index is 0.0344. The second kappa shape index (κ2) is 9.58. The monoisotopic (exact) mass is 462 g/mol. The first-order valence-corrected chi connectivity index (χ1v) is 12.2. The summed E-state index contributed by atoms with van der Waals surface area (Å²) in [5, 5.41) is 4.83. The van der Waals surface area contributed by atoms with Crippen LogP contribution in [0.2, 0.25) is 0 Å². The molecule has 2 heterocycles. The first kappa shape index (κ1) is 22.6. The number of benzene rings is 2. The van der Waals surface area contributed by atoms with Crippen molar-refractivity contribution in [3.8, 4) is 22.7 Å². The molecule has 2 fully saturated rings. The van der Waals surface area contributed by atoms with Gasteiger partial charge in [0.2, 0.25) is 5.91 Å². The van der Waals surface area contributed by atoms with Gasteiger partial charge in [-0.05, 0) is 50.2 Å². The van der Waals surface area contributed by atoms with Gasteiger partial charge in [-0.1, -0.05) is 25.1 Å². The summed E-state index contributed by atoms with van der Waals surface area (Å²) >= 11 is 0. The third kappa shape index (κ3) is 4.44. The van der Waals surface area contributed by atoms with Gasteiger partial charge in [-0.3, -0.25) is 4.79 Å². The third-order valence-corrected chi connectivity index (χ3v) is 6.91. The van der Waals surface area contributed by atoms with Gasteiger partial charge < -0.3 is 14.5 Å². The smallest absolute Gasteiger partial charge is 0.226 e. The molecule has 2 aromatic carbocycles. The molecule has 178 valence electrons. The molecule has 1 aromatic heterocycles. The van der Waals surface area contributed by atoms with Crippen molar-refractivity contribution in [1.29, 1.82) is 0 Å². The maximum Gasteiger partial charge on any atom is 0.226 e. The highest BCUT2D eigenvalue weighted by Crippen LogP contribution is 2.51. The van der Waals surface area contributed by atoms with Gasteiger partial charge in [0.25, 0.3) is 0 Å². The number of para-hydroxylation sites is 1. The van der Waals surface area contributed by atoms with Gasteiger partial charge in [-0.15, -0.1) is 0 Å². The molecule has 0 N–H and O–H groups in total. The van der Waals surface area contributed by atoms with Crippen molar-refractivity contribution in [2.45, 2.75) is 26.2 Å². The summed E-state index contributed by atoms with van der Waals surface area (Å²) in [5.74, 6) is 0.126. The number of amides is 1. The van der Waals surface area contributed by atoms with Crippen molar-refractivity contribution in [3.05, 3.63) is 66.1 Å². The van der Waals surface area contributed by atoms with Crippen LogP contribution >= 0.6 is 0 Å². The normalized spacial score (nSPS) is 20.4. The van der Waals surface area contributed by atoms with E-state index < -0.39 is 5.82 Å². The quantitative estimate of drug-likeness (QED) is 0.524. The Morgan fingerprint density at radius 3 is 2.53 bits per heavy atom. The predicted octanol–water partition coefficient (Wildman–Crippen LogP) is 4.34. The van der Waals surface area contributed by atoms with Crippen LogP contribution in [0.3, 0.4) is 0 Å². The molecule has 2 unspecified atom stereocenters. The Labute approximate surface area is 199 Å². The molecular weight excluding hydrogens is 431 g/mol. The van der Waals surface area contributed by atoms with Crippen LogP contribution in [0.1, 0.15) is 31.7 Å². The summed E-state index contributed by atoms with van der Waals surface area (Å²) in [6.07, 6.45) is 2.81. The van der Waals surface area contributed by atoms with Crippen molar-refractivity contribution in [2.24, 2.45) is 5.92 Å². The van der Waals surface area contributed by atoms with Crippen molar-refractivity contribution in [2.75, 3.05) is 39.3 Å². The topological polar surface area (TPSA) is 50.6 Å².